The predicted octanol–water partition coefficient (Wildman–Crippen LogP) is 2.42. The summed E-state index contributed by atoms with van der Waals surface area (Å²) < 4.78 is 32.0. The van der Waals surface area contributed by atoms with E-state index in [-0.39, 0.29) is 16.0 Å². The summed E-state index contributed by atoms with van der Waals surface area (Å²) in [5.74, 6) is 0. The van der Waals surface area contributed by atoms with Gasteiger partial charge in [0.05, 0.1) is 11.6 Å². The minimum Gasteiger partial charge on any atom is -0.383 e. The Bertz CT molecular complexity index is 492. The fourth-order valence-corrected chi connectivity index (χ4v) is 3.57. The minimum atomic E-state index is -3.61. The van der Waals surface area contributed by atoms with E-state index in [1.165, 1.54) is 19.2 Å². The molecule has 1 aromatic rings. The third-order valence-corrected chi connectivity index (χ3v) is 4.52. The maximum atomic E-state index is 12.0. The number of hydrogen-bond acceptors (Lipinski definition) is 3. The Labute approximate surface area is 114 Å². The number of rotatable bonds is 5. The van der Waals surface area contributed by atoms with Gasteiger partial charge in [0.25, 0.3) is 0 Å². The van der Waals surface area contributed by atoms with Gasteiger partial charge in [-0.15, -0.1) is 0 Å². The Morgan fingerprint density at radius 2 is 2.18 bits per heavy atom. The molecule has 0 saturated heterocycles. The van der Waals surface area contributed by atoms with Gasteiger partial charge in [-0.3, -0.25) is 0 Å². The molecule has 0 aliphatic carbocycles. The zero-order valence-corrected chi connectivity index (χ0v) is 12.6. The number of sulfonamides is 1. The average Bonchev–Trinajstić information content (AvgIpc) is 2.15. The summed E-state index contributed by atoms with van der Waals surface area (Å²) in [4.78, 5) is 0.0605. The Morgan fingerprint density at radius 3 is 2.71 bits per heavy atom. The van der Waals surface area contributed by atoms with Crippen LogP contribution in [0.5, 0.6) is 0 Å². The van der Waals surface area contributed by atoms with Crippen LogP contribution in [0.15, 0.2) is 27.6 Å². The first-order valence-electron chi connectivity index (χ1n) is 4.83. The number of benzene rings is 1. The molecule has 0 aliphatic heterocycles. The number of methoxy groups -OCH3 is 1. The van der Waals surface area contributed by atoms with Crippen molar-refractivity contribution >= 4 is 37.6 Å². The maximum absolute atomic E-state index is 12.0. The molecule has 1 aromatic carbocycles. The zero-order chi connectivity index (χ0) is 13.1. The third kappa shape index (κ3) is 4.22. The molecule has 96 valence electrons. The molecule has 0 saturated carbocycles. The summed E-state index contributed by atoms with van der Waals surface area (Å²) in [6.45, 7) is 2.02. The predicted molar refractivity (Wildman–Crippen MR) is 70.8 cm³/mol. The second kappa shape index (κ2) is 6.15. The number of hydrogen-bond donors (Lipinski definition) is 1. The molecular formula is C10H13BrClNO3S. The van der Waals surface area contributed by atoms with Gasteiger partial charge in [0.15, 0.2) is 0 Å². The van der Waals surface area contributed by atoms with Crippen LogP contribution in [0, 0.1) is 0 Å². The maximum Gasteiger partial charge on any atom is 0.242 e. The van der Waals surface area contributed by atoms with Crippen LogP contribution in [0.4, 0.5) is 0 Å². The minimum absolute atomic E-state index is 0.0605. The van der Waals surface area contributed by atoms with E-state index in [0.717, 1.165) is 4.47 Å². The fraction of sp³-hybridized carbons (Fsp3) is 0.400. The lowest BCUT2D eigenvalue weighted by molar-refractivity contribution is 0.180. The van der Waals surface area contributed by atoms with E-state index in [1.807, 2.05) is 0 Å². The summed E-state index contributed by atoms with van der Waals surface area (Å²) in [5.41, 5.74) is 0. The molecule has 0 unspecified atom stereocenters. The van der Waals surface area contributed by atoms with E-state index in [9.17, 15) is 8.42 Å². The lowest BCUT2D eigenvalue weighted by Gasteiger charge is -2.14. The fourth-order valence-electron chi connectivity index (χ4n) is 1.31. The normalized spacial score (nSPS) is 13.6. The molecule has 0 aliphatic rings. The summed E-state index contributed by atoms with van der Waals surface area (Å²) >= 11 is 9.11. The molecule has 0 fully saturated rings. The molecule has 0 radical (unpaired) electrons. The van der Waals surface area contributed by atoms with Crippen LogP contribution in [0.3, 0.4) is 0 Å². The molecule has 1 rings (SSSR count). The lowest BCUT2D eigenvalue weighted by atomic mass is 10.4. The van der Waals surface area contributed by atoms with Crippen molar-refractivity contribution in [2.24, 2.45) is 0 Å². The highest BCUT2D eigenvalue weighted by atomic mass is 79.9. The molecule has 0 amide bonds. The van der Waals surface area contributed by atoms with Crippen LogP contribution < -0.4 is 4.72 Å². The summed E-state index contributed by atoms with van der Waals surface area (Å²) in [6.07, 6.45) is 0. The van der Waals surface area contributed by atoms with Gasteiger partial charge in [-0.2, -0.15) is 0 Å². The van der Waals surface area contributed by atoms with E-state index in [2.05, 4.69) is 20.7 Å². The molecule has 0 bridgehead atoms. The van der Waals surface area contributed by atoms with Crippen molar-refractivity contribution in [3.8, 4) is 0 Å². The van der Waals surface area contributed by atoms with Crippen LogP contribution in [0.25, 0.3) is 0 Å². The van der Waals surface area contributed by atoms with Gasteiger partial charge in [0, 0.05) is 17.6 Å². The first kappa shape index (κ1) is 14.9. The first-order valence-corrected chi connectivity index (χ1v) is 7.48. The molecule has 0 aromatic heterocycles. The van der Waals surface area contributed by atoms with E-state index >= 15 is 0 Å². The van der Waals surface area contributed by atoms with Gasteiger partial charge in [0.2, 0.25) is 10.0 Å². The standard InChI is InChI=1S/C10H13BrClNO3S/c1-7(6-16-2)13-17(14,15)10-4-3-8(11)5-9(10)12/h3-5,7,13H,6H2,1-2H3/t7-/m1/s1. The summed E-state index contributed by atoms with van der Waals surface area (Å²) in [5, 5.41) is 0.177. The highest BCUT2D eigenvalue weighted by molar-refractivity contribution is 9.10. The summed E-state index contributed by atoms with van der Waals surface area (Å²) in [7, 11) is -2.10. The highest BCUT2D eigenvalue weighted by Gasteiger charge is 2.20. The van der Waals surface area contributed by atoms with Crippen molar-refractivity contribution in [2.45, 2.75) is 17.9 Å². The molecule has 7 heteroatoms. The quantitative estimate of drug-likeness (QED) is 0.894. The first-order chi connectivity index (χ1) is 7.86. The number of nitrogens with one attached hydrogen (secondary N) is 1. The van der Waals surface area contributed by atoms with E-state index in [1.54, 1.807) is 13.0 Å². The molecule has 17 heavy (non-hydrogen) atoms. The molecule has 0 spiro atoms. The van der Waals surface area contributed by atoms with Crippen molar-refractivity contribution in [3.63, 3.8) is 0 Å². The molecular weight excluding hydrogens is 330 g/mol. The van der Waals surface area contributed by atoms with E-state index in [4.69, 9.17) is 16.3 Å². The van der Waals surface area contributed by atoms with Crippen LogP contribution in [-0.2, 0) is 14.8 Å². The van der Waals surface area contributed by atoms with Crippen molar-refractivity contribution < 1.29 is 13.2 Å². The van der Waals surface area contributed by atoms with E-state index in [0.29, 0.717) is 6.61 Å². The number of ether oxygens (including phenoxy) is 1. The third-order valence-electron chi connectivity index (χ3n) is 1.96. The molecule has 1 N–H and O–H groups in total. The Morgan fingerprint density at radius 1 is 1.53 bits per heavy atom. The van der Waals surface area contributed by atoms with Gasteiger partial charge in [-0.1, -0.05) is 27.5 Å². The second-order valence-electron chi connectivity index (χ2n) is 3.55. The number of halogens is 2. The smallest absolute Gasteiger partial charge is 0.242 e. The van der Waals surface area contributed by atoms with Crippen LogP contribution in [0.2, 0.25) is 5.02 Å². The van der Waals surface area contributed by atoms with Crippen LogP contribution >= 0.6 is 27.5 Å². The van der Waals surface area contributed by atoms with Crippen LogP contribution in [0.1, 0.15) is 6.92 Å². The summed E-state index contributed by atoms with van der Waals surface area (Å²) in [6, 6.07) is 4.30. The Balaban J connectivity index is 2.97. The largest absolute Gasteiger partial charge is 0.383 e. The SMILES string of the molecule is COC[C@@H](C)NS(=O)(=O)c1ccc(Br)cc1Cl. The highest BCUT2D eigenvalue weighted by Crippen LogP contribution is 2.25. The van der Waals surface area contributed by atoms with Crippen LogP contribution in [-0.4, -0.2) is 28.2 Å². The van der Waals surface area contributed by atoms with Crippen molar-refractivity contribution in [1.82, 2.24) is 4.72 Å². The monoisotopic (exact) mass is 341 g/mol. The zero-order valence-electron chi connectivity index (χ0n) is 9.41. The van der Waals surface area contributed by atoms with Crippen molar-refractivity contribution in [2.75, 3.05) is 13.7 Å². The van der Waals surface area contributed by atoms with Gasteiger partial charge in [-0.25, -0.2) is 13.1 Å². The average molecular weight is 343 g/mol. The lowest BCUT2D eigenvalue weighted by Crippen LogP contribution is -2.35. The van der Waals surface area contributed by atoms with Gasteiger partial charge in [0.1, 0.15) is 4.90 Å². The van der Waals surface area contributed by atoms with Crippen molar-refractivity contribution in [3.05, 3.63) is 27.7 Å². The van der Waals surface area contributed by atoms with Gasteiger partial charge >= 0.3 is 0 Å². The topological polar surface area (TPSA) is 55.4 Å². The Hall–Kier alpha value is -0.140. The molecule has 0 heterocycles. The van der Waals surface area contributed by atoms with Gasteiger partial charge in [-0.05, 0) is 25.1 Å². The van der Waals surface area contributed by atoms with Crippen molar-refractivity contribution in [1.29, 1.82) is 0 Å². The van der Waals surface area contributed by atoms with E-state index < -0.39 is 10.0 Å². The molecule has 1 atom stereocenters. The molecule has 4 nitrogen and oxygen atoms in total. The van der Waals surface area contributed by atoms with Gasteiger partial charge < -0.3 is 4.74 Å². The Kier molecular flexibility index (Phi) is 5.40. The second-order valence-corrected chi connectivity index (χ2v) is 6.56.